The highest BCUT2D eigenvalue weighted by atomic mass is 28.4. The molecule has 0 aliphatic carbocycles. The molecule has 4 aliphatic rings. The van der Waals surface area contributed by atoms with Crippen LogP contribution in [0.3, 0.4) is 0 Å². The van der Waals surface area contributed by atoms with Crippen LogP contribution in [0, 0.1) is 17.8 Å². The molecule has 0 saturated carbocycles. The summed E-state index contributed by atoms with van der Waals surface area (Å²) < 4.78 is 41.0. The molecule has 8 nitrogen and oxygen atoms in total. The smallest absolute Gasteiger partial charge is 0.303 e. The molecular formula is C37H64O8Si. The molecule has 0 aromatic heterocycles. The highest BCUT2D eigenvalue weighted by molar-refractivity contribution is 6.73. The van der Waals surface area contributed by atoms with Gasteiger partial charge in [0.1, 0.15) is 5.78 Å². The maximum absolute atomic E-state index is 13.0. The Morgan fingerprint density at radius 2 is 1.65 bits per heavy atom. The predicted octanol–water partition coefficient (Wildman–Crippen LogP) is 8.27. The van der Waals surface area contributed by atoms with Crippen molar-refractivity contribution < 1.29 is 37.7 Å². The zero-order valence-electron chi connectivity index (χ0n) is 30.7. The van der Waals surface area contributed by atoms with E-state index in [2.05, 4.69) is 62.3 Å². The third-order valence-electron chi connectivity index (χ3n) is 12.4. The Morgan fingerprint density at radius 3 is 2.20 bits per heavy atom. The second kappa shape index (κ2) is 14.4. The lowest BCUT2D eigenvalue weighted by atomic mass is 9.76. The van der Waals surface area contributed by atoms with Crippen LogP contribution in [0.25, 0.3) is 0 Å². The van der Waals surface area contributed by atoms with E-state index < -0.39 is 37.6 Å². The van der Waals surface area contributed by atoms with Gasteiger partial charge in [-0.3, -0.25) is 9.59 Å². The van der Waals surface area contributed by atoms with E-state index in [1.165, 1.54) is 6.92 Å². The number of Topliss-reactive ketones (excluding diaryl/α,β-unsaturated/α-hetero) is 1. The Hall–Kier alpha value is -1.10. The molecule has 2 spiro atoms. The monoisotopic (exact) mass is 664 g/mol. The van der Waals surface area contributed by atoms with Crippen molar-refractivity contribution in [2.45, 2.75) is 193 Å². The van der Waals surface area contributed by atoms with Gasteiger partial charge >= 0.3 is 5.97 Å². The molecule has 0 aromatic rings. The lowest BCUT2D eigenvalue weighted by molar-refractivity contribution is -0.408. The number of hydrogen-bond acceptors (Lipinski definition) is 8. The van der Waals surface area contributed by atoms with Crippen LogP contribution < -0.4 is 0 Å². The fourth-order valence-corrected chi connectivity index (χ4v) is 12.2. The second-order valence-electron chi connectivity index (χ2n) is 15.0. The van der Waals surface area contributed by atoms with Crippen LogP contribution in [0.1, 0.15) is 128 Å². The summed E-state index contributed by atoms with van der Waals surface area (Å²) in [5, 5.41) is 0. The van der Waals surface area contributed by atoms with Gasteiger partial charge in [-0.15, -0.1) is 0 Å². The summed E-state index contributed by atoms with van der Waals surface area (Å²) in [6.45, 7) is 23.0. The topological polar surface area (TPSA) is 89.5 Å². The molecule has 46 heavy (non-hydrogen) atoms. The number of rotatable bonds is 12. The van der Waals surface area contributed by atoms with E-state index in [1.807, 2.05) is 19.1 Å². The molecule has 0 bridgehead atoms. The van der Waals surface area contributed by atoms with Gasteiger partial charge in [0.25, 0.3) is 0 Å². The van der Waals surface area contributed by atoms with Gasteiger partial charge in [-0.1, -0.05) is 55.4 Å². The number of ether oxygens (including phenoxy) is 5. The molecule has 4 aliphatic heterocycles. The summed E-state index contributed by atoms with van der Waals surface area (Å²) in [6.07, 6.45) is 8.44. The molecule has 0 radical (unpaired) electrons. The minimum atomic E-state index is -1.85. The zero-order chi connectivity index (χ0) is 34.1. The highest BCUT2D eigenvalue weighted by Crippen LogP contribution is 2.55. The zero-order valence-corrected chi connectivity index (χ0v) is 31.7. The van der Waals surface area contributed by atoms with E-state index in [9.17, 15) is 9.59 Å². The van der Waals surface area contributed by atoms with Crippen molar-refractivity contribution in [3.05, 3.63) is 12.2 Å². The SMILES string of the molecule is CCC(=O)[C@H](CC)[C@H]1O[C@@]2(C=C[C@@H](OC(C)=O)[C@]3(CC[C@@](C)([C@H]4CC[C@@](CC)(O[Si](CC)(CC)CC)[C@H](C)O4)O3)O2)[C@H](C)C[C@@H]1C. The average Bonchev–Trinajstić information content (AvgIpc) is 3.38. The van der Waals surface area contributed by atoms with E-state index in [0.717, 1.165) is 43.8 Å². The van der Waals surface area contributed by atoms with Crippen LogP contribution in [-0.2, 0) is 37.7 Å². The quantitative estimate of drug-likeness (QED) is 0.117. The van der Waals surface area contributed by atoms with Gasteiger partial charge in [0.15, 0.2) is 20.2 Å². The summed E-state index contributed by atoms with van der Waals surface area (Å²) in [7, 11) is -1.85. The first-order valence-corrected chi connectivity index (χ1v) is 21.0. The van der Waals surface area contributed by atoms with Crippen molar-refractivity contribution in [3.63, 3.8) is 0 Å². The van der Waals surface area contributed by atoms with Crippen LogP contribution in [0.15, 0.2) is 12.2 Å². The van der Waals surface area contributed by atoms with Crippen LogP contribution in [-0.4, -0.2) is 67.3 Å². The number of hydrogen-bond donors (Lipinski definition) is 0. The maximum Gasteiger partial charge on any atom is 0.303 e. The van der Waals surface area contributed by atoms with E-state index in [4.69, 9.17) is 28.1 Å². The molecular weight excluding hydrogens is 600 g/mol. The Bertz CT molecular complexity index is 1100. The number of carbonyl (C=O) groups excluding carboxylic acids is 2. The maximum atomic E-state index is 13.0. The van der Waals surface area contributed by atoms with Gasteiger partial charge in [-0.2, -0.15) is 0 Å². The third kappa shape index (κ3) is 6.84. The molecule has 0 unspecified atom stereocenters. The van der Waals surface area contributed by atoms with Gasteiger partial charge in [0.05, 0.1) is 29.5 Å². The lowest BCUT2D eigenvalue weighted by Crippen LogP contribution is -2.63. The van der Waals surface area contributed by atoms with Crippen molar-refractivity contribution in [2.24, 2.45) is 17.8 Å². The number of carbonyl (C=O) groups is 2. The largest absolute Gasteiger partial charge is 0.453 e. The summed E-state index contributed by atoms with van der Waals surface area (Å²) in [6, 6.07) is 3.32. The first-order chi connectivity index (χ1) is 21.7. The fourth-order valence-electron chi connectivity index (χ4n) is 9.00. The first-order valence-electron chi connectivity index (χ1n) is 18.5. The Morgan fingerprint density at radius 1 is 0.978 bits per heavy atom. The first kappa shape index (κ1) is 37.7. The van der Waals surface area contributed by atoms with Gasteiger partial charge < -0.3 is 28.1 Å². The van der Waals surface area contributed by atoms with Crippen LogP contribution in [0.5, 0.6) is 0 Å². The second-order valence-corrected chi connectivity index (χ2v) is 19.7. The Kier molecular flexibility index (Phi) is 11.8. The molecule has 9 heteroatoms. The van der Waals surface area contributed by atoms with Crippen LogP contribution >= 0.6 is 0 Å². The van der Waals surface area contributed by atoms with Gasteiger partial charge in [-0.05, 0) is 88.6 Å². The fraction of sp³-hybridized carbons (Fsp3) is 0.892. The molecule has 3 saturated heterocycles. The minimum absolute atomic E-state index is 0.00301. The summed E-state index contributed by atoms with van der Waals surface area (Å²) in [5.41, 5.74) is -0.961. The standard InChI is InChI=1S/C37H64O8Si/c1-12-29(30(39)13-2)33-25(7)24-26(8)36(42-33)21-19-32(41-28(10)38)37(44-36)23-22-34(11,43-37)31-18-20-35(14-3,27(9)40-31)45-46(15-4,16-5)17-6/h19,21,25-27,29,31-33H,12-18,20,22-24H2,1-11H3/t25-,26+,27-,29-,31+,32+,33-,34-,35+,36+,37-/m0/s1. The summed E-state index contributed by atoms with van der Waals surface area (Å²) in [4.78, 5) is 25.3. The van der Waals surface area contributed by atoms with Crippen molar-refractivity contribution in [1.29, 1.82) is 0 Å². The van der Waals surface area contributed by atoms with Gasteiger partial charge in [0, 0.05) is 31.6 Å². The Balaban J connectivity index is 1.61. The molecule has 0 aromatic carbocycles. The molecule has 0 N–H and O–H groups in total. The van der Waals surface area contributed by atoms with Crippen molar-refractivity contribution >= 4 is 20.1 Å². The van der Waals surface area contributed by atoms with E-state index in [0.29, 0.717) is 25.7 Å². The van der Waals surface area contributed by atoms with Gasteiger partial charge in [-0.25, -0.2) is 0 Å². The van der Waals surface area contributed by atoms with E-state index >= 15 is 0 Å². The van der Waals surface area contributed by atoms with Crippen molar-refractivity contribution in [2.75, 3.05) is 0 Å². The van der Waals surface area contributed by atoms with Crippen LogP contribution in [0.4, 0.5) is 0 Å². The molecule has 4 rings (SSSR count). The summed E-state index contributed by atoms with van der Waals surface area (Å²) in [5.74, 6) is -2.51. The predicted molar refractivity (Wildman–Crippen MR) is 182 cm³/mol. The molecule has 264 valence electrons. The molecule has 0 amide bonds. The number of esters is 1. The van der Waals surface area contributed by atoms with Crippen LogP contribution in [0.2, 0.25) is 18.1 Å². The highest BCUT2D eigenvalue weighted by Gasteiger charge is 2.64. The Labute approximate surface area is 280 Å². The normalized spacial score (nSPS) is 42.0. The number of ketones is 1. The molecule has 11 atom stereocenters. The van der Waals surface area contributed by atoms with E-state index in [1.54, 1.807) is 0 Å². The molecule has 3 fully saturated rings. The van der Waals surface area contributed by atoms with E-state index in [-0.39, 0.29) is 47.4 Å². The minimum Gasteiger partial charge on any atom is -0.453 e. The summed E-state index contributed by atoms with van der Waals surface area (Å²) >= 11 is 0. The third-order valence-corrected chi connectivity index (χ3v) is 17.1. The van der Waals surface area contributed by atoms with Crippen molar-refractivity contribution in [1.82, 2.24) is 0 Å². The van der Waals surface area contributed by atoms with Gasteiger partial charge in [0.2, 0.25) is 5.79 Å². The molecule has 4 heterocycles. The van der Waals surface area contributed by atoms with Crippen molar-refractivity contribution in [3.8, 4) is 0 Å². The lowest BCUT2D eigenvalue weighted by Gasteiger charge is -2.55. The average molecular weight is 665 g/mol.